The number of nitrogens with zero attached hydrogens (tertiary/aromatic N) is 3. The van der Waals surface area contributed by atoms with Crippen LogP contribution in [0.2, 0.25) is 0 Å². The van der Waals surface area contributed by atoms with Crippen LogP contribution in [0.1, 0.15) is 48.6 Å². The van der Waals surface area contributed by atoms with E-state index >= 15 is 0 Å². The number of hydrogen-bond donors (Lipinski definition) is 1. The van der Waals surface area contributed by atoms with Crippen molar-refractivity contribution in [2.75, 3.05) is 11.5 Å². The van der Waals surface area contributed by atoms with Crippen LogP contribution in [0.4, 0.5) is 5.13 Å². The maximum absolute atomic E-state index is 13.6. The molecule has 1 amide bonds. The maximum atomic E-state index is 13.6. The Hall–Kier alpha value is -4.15. The molecule has 0 aliphatic carbocycles. The smallest absolute Gasteiger partial charge is 0.301 e. The van der Waals surface area contributed by atoms with Crippen LogP contribution >= 0.6 is 23.1 Å². The largest absolute Gasteiger partial charge is 0.507 e. The van der Waals surface area contributed by atoms with E-state index in [9.17, 15) is 14.7 Å². The summed E-state index contributed by atoms with van der Waals surface area (Å²) in [5, 5.41) is 20.5. The second-order valence-corrected chi connectivity index (χ2v) is 12.3. The van der Waals surface area contributed by atoms with Crippen LogP contribution in [0.15, 0.2) is 82.7 Å². The first-order valence-electron chi connectivity index (χ1n) is 13.8. The summed E-state index contributed by atoms with van der Waals surface area (Å²) in [6.07, 6.45) is 1.55. The van der Waals surface area contributed by atoms with Crippen molar-refractivity contribution in [2.45, 2.75) is 48.9 Å². The van der Waals surface area contributed by atoms with E-state index in [1.54, 1.807) is 18.2 Å². The predicted octanol–water partition coefficient (Wildman–Crippen LogP) is 6.57. The van der Waals surface area contributed by atoms with Gasteiger partial charge in [0.15, 0.2) is 4.34 Å². The van der Waals surface area contributed by atoms with E-state index in [0.717, 1.165) is 23.3 Å². The molecule has 1 N–H and O–H groups in total. The number of rotatable bonds is 9. The van der Waals surface area contributed by atoms with Gasteiger partial charge in [0.05, 0.1) is 18.2 Å². The molecule has 0 bridgehead atoms. The highest BCUT2D eigenvalue weighted by Gasteiger charge is 2.48. The number of aliphatic hydroxyl groups is 1. The lowest BCUT2D eigenvalue weighted by molar-refractivity contribution is -0.132. The van der Waals surface area contributed by atoms with Crippen molar-refractivity contribution >= 4 is 45.7 Å². The first kappa shape index (κ1) is 28.0. The number of anilines is 1. The van der Waals surface area contributed by atoms with Crippen molar-refractivity contribution in [1.82, 2.24) is 10.2 Å². The Bertz CT molecular complexity index is 1670. The van der Waals surface area contributed by atoms with Gasteiger partial charge in [0.25, 0.3) is 5.78 Å². The SMILES string of the molecule is CCCOc1cccc(C2/C(=C(\O)c3ccc4c(c3)CC(C)O4)C(=O)C(=O)N2c2nnc(SCc3ccccc3)s2)c1. The van der Waals surface area contributed by atoms with E-state index in [2.05, 4.69) is 10.2 Å². The van der Waals surface area contributed by atoms with Gasteiger partial charge in [-0.25, -0.2) is 0 Å². The molecule has 0 spiro atoms. The summed E-state index contributed by atoms with van der Waals surface area (Å²) in [5.74, 6) is 0.263. The number of thioether (sulfide) groups is 1. The Morgan fingerprint density at radius 3 is 2.74 bits per heavy atom. The minimum Gasteiger partial charge on any atom is -0.507 e. The molecule has 3 heterocycles. The molecule has 3 aromatic carbocycles. The molecular weight excluding hydrogens is 571 g/mol. The number of fused-ring (bicyclic) bond motifs is 1. The zero-order valence-corrected chi connectivity index (χ0v) is 24.8. The van der Waals surface area contributed by atoms with Gasteiger partial charge in [-0.2, -0.15) is 0 Å². The minimum atomic E-state index is -0.918. The summed E-state index contributed by atoms with van der Waals surface area (Å²) in [4.78, 5) is 28.6. The fourth-order valence-corrected chi connectivity index (χ4v) is 6.97. The number of aromatic nitrogens is 2. The normalized spacial score (nSPS) is 19.1. The maximum Gasteiger partial charge on any atom is 0.301 e. The Kier molecular flexibility index (Phi) is 7.99. The lowest BCUT2D eigenvalue weighted by Gasteiger charge is -2.23. The molecule has 6 rings (SSSR count). The van der Waals surface area contributed by atoms with Crippen molar-refractivity contribution in [3.8, 4) is 11.5 Å². The summed E-state index contributed by atoms with van der Waals surface area (Å²) in [5.41, 5.74) is 3.14. The molecule has 2 aliphatic rings. The van der Waals surface area contributed by atoms with Gasteiger partial charge < -0.3 is 14.6 Å². The summed E-state index contributed by atoms with van der Waals surface area (Å²) in [7, 11) is 0. The van der Waals surface area contributed by atoms with Gasteiger partial charge in [0.1, 0.15) is 23.4 Å². The fourth-order valence-electron chi connectivity index (χ4n) is 5.14. The van der Waals surface area contributed by atoms with E-state index in [-0.39, 0.29) is 22.6 Å². The summed E-state index contributed by atoms with van der Waals surface area (Å²) in [6.45, 7) is 4.52. The highest BCUT2D eigenvalue weighted by Crippen LogP contribution is 2.45. The number of ketones is 1. The molecule has 1 fully saturated rings. The fraction of sp³-hybridized carbons (Fsp3) is 0.250. The summed E-state index contributed by atoms with van der Waals surface area (Å²) in [6, 6.07) is 21.7. The van der Waals surface area contributed by atoms with Gasteiger partial charge in [0, 0.05) is 17.7 Å². The van der Waals surface area contributed by atoms with Crippen LogP contribution < -0.4 is 14.4 Å². The second kappa shape index (κ2) is 12.0. The molecule has 4 aromatic rings. The number of hydrogen-bond acceptors (Lipinski definition) is 9. The Morgan fingerprint density at radius 1 is 1.10 bits per heavy atom. The van der Waals surface area contributed by atoms with Gasteiger partial charge in [-0.15, -0.1) is 10.2 Å². The lowest BCUT2D eigenvalue weighted by atomic mass is 9.94. The number of aliphatic hydroxyl groups excluding tert-OH is 1. The van der Waals surface area contributed by atoms with Crippen LogP contribution in [0.3, 0.4) is 0 Å². The molecule has 2 aliphatic heterocycles. The number of carbonyl (C=O) groups is 2. The summed E-state index contributed by atoms with van der Waals surface area (Å²) < 4.78 is 12.3. The molecule has 10 heteroatoms. The van der Waals surface area contributed by atoms with Crippen LogP contribution in [0.25, 0.3) is 5.76 Å². The van der Waals surface area contributed by atoms with Crippen molar-refractivity contribution < 1.29 is 24.2 Å². The average Bonchev–Trinajstić information content (AvgIpc) is 3.70. The number of benzene rings is 3. The average molecular weight is 600 g/mol. The zero-order valence-electron chi connectivity index (χ0n) is 23.1. The highest BCUT2D eigenvalue weighted by molar-refractivity contribution is 8.00. The number of Topliss-reactive ketones (excluding diaryl/α,β-unsaturated/α-hetero) is 1. The van der Waals surface area contributed by atoms with Crippen molar-refractivity contribution in [1.29, 1.82) is 0 Å². The molecule has 0 radical (unpaired) electrons. The third kappa shape index (κ3) is 5.52. The van der Waals surface area contributed by atoms with Gasteiger partial charge in [-0.3, -0.25) is 14.5 Å². The van der Waals surface area contributed by atoms with Gasteiger partial charge in [-0.05, 0) is 60.4 Å². The Morgan fingerprint density at radius 2 is 1.93 bits per heavy atom. The molecule has 2 atom stereocenters. The van der Waals surface area contributed by atoms with E-state index in [1.165, 1.54) is 28.0 Å². The number of amides is 1. The van der Waals surface area contributed by atoms with E-state index in [1.807, 2.05) is 68.4 Å². The number of ether oxygens (including phenoxy) is 2. The molecular formula is C32H29N3O5S2. The first-order valence-corrected chi connectivity index (χ1v) is 15.6. The standard InChI is InChI=1S/C32H29N3O5S2/c1-3-14-39-24-11-7-10-21(17-24)27-26(28(36)22-12-13-25-23(16-22)15-19(2)40-25)29(37)30(38)35(27)31-33-34-32(42-31)41-18-20-8-5-4-6-9-20/h4-13,16-17,19,27,36H,3,14-15,18H2,1-2H3/b28-26+. The van der Waals surface area contributed by atoms with Crippen LogP contribution in [0, 0.1) is 0 Å². The monoisotopic (exact) mass is 599 g/mol. The quantitative estimate of drug-likeness (QED) is 0.0758. The predicted molar refractivity (Wildman–Crippen MR) is 163 cm³/mol. The second-order valence-electron chi connectivity index (χ2n) is 10.2. The highest BCUT2D eigenvalue weighted by atomic mass is 32.2. The van der Waals surface area contributed by atoms with E-state index < -0.39 is 17.7 Å². The molecule has 42 heavy (non-hydrogen) atoms. The van der Waals surface area contributed by atoms with Gasteiger partial charge >= 0.3 is 5.91 Å². The van der Waals surface area contributed by atoms with Crippen LogP contribution in [-0.2, 0) is 21.8 Å². The Balaban J connectivity index is 1.40. The molecule has 2 unspecified atom stereocenters. The molecule has 214 valence electrons. The van der Waals surface area contributed by atoms with Crippen molar-refractivity contribution in [3.63, 3.8) is 0 Å². The van der Waals surface area contributed by atoms with Gasteiger partial charge in [0.2, 0.25) is 5.13 Å². The topological polar surface area (TPSA) is 102 Å². The zero-order chi connectivity index (χ0) is 29.2. The third-order valence-electron chi connectivity index (χ3n) is 7.07. The van der Waals surface area contributed by atoms with Crippen LogP contribution in [0.5, 0.6) is 11.5 Å². The van der Waals surface area contributed by atoms with Crippen molar-refractivity contribution in [3.05, 3.63) is 101 Å². The number of carbonyl (C=O) groups excluding carboxylic acids is 2. The molecule has 1 saturated heterocycles. The Labute approximate surface area is 252 Å². The molecule has 0 saturated carbocycles. The summed E-state index contributed by atoms with van der Waals surface area (Å²) >= 11 is 2.75. The van der Waals surface area contributed by atoms with Crippen molar-refractivity contribution in [2.24, 2.45) is 0 Å². The molecule has 8 nitrogen and oxygen atoms in total. The first-order chi connectivity index (χ1) is 20.4. The molecule has 1 aromatic heterocycles. The van der Waals surface area contributed by atoms with E-state index in [4.69, 9.17) is 9.47 Å². The minimum absolute atomic E-state index is 0.00626. The van der Waals surface area contributed by atoms with E-state index in [0.29, 0.717) is 40.0 Å². The third-order valence-corrected chi connectivity index (χ3v) is 9.19. The lowest BCUT2D eigenvalue weighted by Crippen LogP contribution is -2.29. The van der Waals surface area contributed by atoms with Crippen LogP contribution in [-0.4, -0.2) is 39.7 Å². The van der Waals surface area contributed by atoms with Gasteiger partial charge in [-0.1, -0.05) is 72.5 Å².